The summed E-state index contributed by atoms with van der Waals surface area (Å²) in [7, 11) is 0. The third-order valence-corrected chi connectivity index (χ3v) is 3.71. The maximum absolute atomic E-state index is 12.5. The Bertz CT molecular complexity index is 430. The highest BCUT2D eigenvalue weighted by molar-refractivity contribution is 5.26. The Hall–Kier alpha value is -1.07. The molecule has 1 heterocycles. The molecule has 1 aromatic carbocycles. The van der Waals surface area contributed by atoms with Gasteiger partial charge in [0, 0.05) is 18.7 Å². The molecular formula is C15H20F3NO. The summed E-state index contributed by atoms with van der Waals surface area (Å²) in [5.74, 6) is 0. The van der Waals surface area contributed by atoms with E-state index in [0.717, 1.165) is 37.1 Å². The van der Waals surface area contributed by atoms with Crippen LogP contribution < -0.4 is 5.32 Å². The fraction of sp³-hybridized carbons (Fsp3) is 0.600. The van der Waals surface area contributed by atoms with Crippen molar-refractivity contribution in [1.82, 2.24) is 5.32 Å². The summed E-state index contributed by atoms with van der Waals surface area (Å²) >= 11 is 0. The van der Waals surface area contributed by atoms with Crippen molar-refractivity contribution >= 4 is 0 Å². The van der Waals surface area contributed by atoms with E-state index in [1.807, 2.05) is 13.8 Å². The molecule has 0 radical (unpaired) electrons. The first-order chi connectivity index (χ1) is 9.36. The number of hydrogen-bond acceptors (Lipinski definition) is 2. The summed E-state index contributed by atoms with van der Waals surface area (Å²) in [5, 5.41) is 3.46. The third kappa shape index (κ3) is 3.96. The molecular weight excluding hydrogens is 267 g/mol. The Labute approximate surface area is 117 Å². The molecule has 3 unspecified atom stereocenters. The Morgan fingerprint density at radius 1 is 1.25 bits per heavy atom. The van der Waals surface area contributed by atoms with Crippen LogP contribution in [0, 0.1) is 0 Å². The predicted molar refractivity (Wildman–Crippen MR) is 71.4 cm³/mol. The highest BCUT2D eigenvalue weighted by Gasteiger charge is 2.30. The van der Waals surface area contributed by atoms with Crippen LogP contribution >= 0.6 is 0 Å². The summed E-state index contributed by atoms with van der Waals surface area (Å²) in [6.45, 7) is 4.75. The molecule has 2 rings (SSSR count). The van der Waals surface area contributed by atoms with Crippen molar-refractivity contribution < 1.29 is 17.9 Å². The van der Waals surface area contributed by atoms with Crippen LogP contribution in [0.15, 0.2) is 24.3 Å². The molecule has 3 atom stereocenters. The Morgan fingerprint density at radius 2 is 1.90 bits per heavy atom. The highest BCUT2D eigenvalue weighted by atomic mass is 19.4. The zero-order valence-electron chi connectivity index (χ0n) is 11.7. The fourth-order valence-electron chi connectivity index (χ4n) is 2.56. The molecule has 5 heteroatoms. The number of nitrogens with one attached hydrogen (secondary N) is 1. The summed E-state index contributed by atoms with van der Waals surface area (Å²) in [4.78, 5) is 0. The average Bonchev–Trinajstić information content (AvgIpc) is 2.38. The van der Waals surface area contributed by atoms with Gasteiger partial charge in [-0.05, 0) is 44.4 Å². The largest absolute Gasteiger partial charge is 0.416 e. The molecule has 2 nitrogen and oxygen atoms in total. The van der Waals surface area contributed by atoms with E-state index < -0.39 is 11.7 Å². The van der Waals surface area contributed by atoms with Gasteiger partial charge in [0.1, 0.15) is 0 Å². The minimum Gasteiger partial charge on any atom is -0.378 e. The Balaban J connectivity index is 1.97. The Morgan fingerprint density at radius 3 is 2.45 bits per heavy atom. The van der Waals surface area contributed by atoms with Gasteiger partial charge in [-0.1, -0.05) is 12.1 Å². The molecule has 1 fully saturated rings. The number of rotatable bonds is 3. The van der Waals surface area contributed by atoms with Crippen molar-refractivity contribution in [3.63, 3.8) is 0 Å². The smallest absolute Gasteiger partial charge is 0.378 e. The van der Waals surface area contributed by atoms with Crippen LogP contribution in [0.1, 0.15) is 43.9 Å². The lowest BCUT2D eigenvalue weighted by molar-refractivity contribution is -0.137. The van der Waals surface area contributed by atoms with Gasteiger partial charge in [0.25, 0.3) is 0 Å². The minimum atomic E-state index is -4.27. The van der Waals surface area contributed by atoms with Crippen LogP contribution in [-0.2, 0) is 10.9 Å². The van der Waals surface area contributed by atoms with Gasteiger partial charge in [0.05, 0.1) is 11.7 Å². The second kappa shape index (κ2) is 6.14. The average molecular weight is 287 g/mol. The molecule has 0 spiro atoms. The lowest BCUT2D eigenvalue weighted by Crippen LogP contribution is -2.39. The van der Waals surface area contributed by atoms with E-state index in [9.17, 15) is 13.2 Å². The fourth-order valence-corrected chi connectivity index (χ4v) is 2.56. The van der Waals surface area contributed by atoms with E-state index in [4.69, 9.17) is 4.74 Å². The van der Waals surface area contributed by atoms with E-state index in [2.05, 4.69) is 5.32 Å². The van der Waals surface area contributed by atoms with Gasteiger partial charge in [-0.25, -0.2) is 0 Å². The number of alkyl halides is 3. The van der Waals surface area contributed by atoms with Gasteiger partial charge in [-0.2, -0.15) is 13.2 Å². The maximum Gasteiger partial charge on any atom is 0.416 e. The van der Waals surface area contributed by atoms with Crippen molar-refractivity contribution in [2.75, 3.05) is 6.61 Å². The van der Waals surface area contributed by atoms with Crippen LogP contribution in [0.5, 0.6) is 0 Å². The molecule has 1 N–H and O–H groups in total. The first-order valence-electron chi connectivity index (χ1n) is 6.91. The predicted octanol–water partition coefficient (Wildman–Crippen LogP) is 3.92. The van der Waals surface area contributed by atoms with Crippen molar-refractivity contribution in [3.8, 4) is 0 Å². The van der Waals surface area contributed by atoms with Crippen molar-refractivity contribution in [1.29, 1.82) is 0 Å². The van der Waals surface area contributed by atoms with Crippen LogP contribution in [0.3, 0.4) is 0 Å². The molecule has 112 valence electrons. The first kappa shape index (κ1) is 15.3. The second-order valence-electron chi connectivity index (χ2n) is 5.41. The topological polar surface area (TPSA) is 21.3 Å². The summed E-state index contributed by atoms with van der Waals surface area (Å²) < 4.78 is 43.0. The zero-order valence-corrected chi connectivity index (χ0v) is 11.7. The normalized spacial score (nSPS) is 25.4. The SMILES string of the molecule is CC1CC(NC(C)c2ccc(C(F)(F)F)cc2)CCO1. The standard InChI is InChI=1S/C15H20F3NO/c1-10-9-14(7-8-20-10)19-11(2)12-3-5-13(6-4-12)15(16,17)18/h3-6,10-11,14,19H,7-9H2,1-2H3. The zero-order chi connectivity index (χ0) is 14.8. The van der Waals surface area contributed by atoms with Crippen LogP contribution in [0.4, 0.5) is 13.2 Å². The van der Waals surface area contributed by atoms with E-state index in [0.29, 0.717) is 6.04 Å². The maximum atomic E-state index is 12.5. The number of halogens is 3. The van der Waals surface area contributed by atoms with E-state index in [1.165, 1.54) is 0 Å². The van der Waals surface area contributed by atoms with Crippen LogP contribution in [0.25, 0.3) is 0 Å². The summed E-state index contributed by atoms with van der Waals surface area (Å²) in [5.41, 5.74) is 0.269. The van der Waals surface area contributed by atoms with Crippen molar-refractivity contribution in [3.05, 3.63) is 35.4 Å². The molecule has 0 aliphatic carbocycles. The highest BCUT2D eigenvalue weighted by Crippen LogP contribution is 2.30. The molecule has 0 bridgehead atoms. The lowest BCUT2D eigenvalue weighted by atomic mass is 10.0. The lowest BCUT2D eigenvalue weighted by Gasteiger charge is -2.30. The molecule has 1 saturated heterocycles. The quantitative estimate of drug-likeness (QED) is 0.909. The number of hydrogen-bond donors (Lipinski definition) is 1. The van der Waals surface area contributed by atoms with Gasteiger partial charge >= 0.3 is 6.18 Å². The van der Waals surface area contributed by atoms with Gasteiger partial charge in [-0.15, -0.1) is 0 Å². The first-order valence-corrected chi connectivity index (χ1v) is 6.91. The summed E-state index contributed by atoms with van der Waals surface area (Å²) in [6, 6.07) is 5.76. The second-order valence-corrected chi connectivity index (χ2v) is 5.41. The van der Waals surface area contributed by atoms with Gasteiger partial charge in [0.15, 0.2) is 0 Å². The van der Waals surface area contributed by atoms with Crippen LogP contribution in [0.2, 0.25) is 0 Å². The van der Waals surface area contributed by atoms with E-state index in [-0.39, 0.29) is 12.1 Å². The minimum absolute atomic E-state index is 0.0348. The van der Waals surface area contributed by atoms with Gasteiger partial charge in [0.2, 0.25) is 0 Å². The van der Waals surface area contributed by atoms with Gasteiger partial charge in [-0.3, -0.25) is 0 Å². The molecule has 0 amide bonds. The molecule has 0 saturated carbocycles. The van der Waals surface area contributed by atoms with Crippen LogP contribution in [-0.4, -0.2) is 18.8 Å². The van der Waals surface area contributed by atoms with Crippen molar-refractivity contribution in [2.45, 2.75) is 51.1 Å². The molecule has 1 aliphatic rings. The summed E-state index contributed by atoms with van der Waals surface area (Å²) in [6.07, 6.45) is -2.16. The molecule has 0 aromatic heterocycles. The molecule has 20 heavy (non-hydrogen) atoms. The van der Waals surface area contributed by atoms with Gasteiger partial charge < -0.3 is 10.1 Å². The monoisotopic (exact) mass is 287 g/mol. The Kier molecular flexibility index (Phi) is 4.70. The number of benzene rings is 1. The number of ether oxygens (including phenoxy) is 1. The van der Waals surface area contributed by atoms with E-state index >= 15 is 0 Å². The molecule has 1 aromatic rings. The third-order valence-electron chi connectivity index (χ3n) is 3.71. The van der Waals surface area contributed by atoms with E-state index in [1.54, 1.807) is 12.1 Å². The molecule has 1 aliphatic heterocycles. The van der Waals surface area contributed by atoms with Crippen molar-refractivity contribution in [2.24, 2.45) is 0 Å².